The topological polar surface area (TPSA) is 29.3 Å². The molecule has 1 heterocycles. The fraction of sp³-hybridized carbons (Fsp3) is 0.417. The van der Waals surface area contributed by atoms with E-state index in [0.717, 1.165) is 36.7 Å². The Labute approximate surface area is 110 Å². The first-order valence-corrected chi connectivity index (χ1v) is 7.17. The average molecular weight is 270 g/mol. The number of hydrogen-bond acceptors (Lipinski definition) is 3. The van der Waals surface area contributed by atoms with Crippen molar-refractivity contribution < 1.29 is 4.39 Å². The zero-order valence-corrected chi connectivity index (χ0v) is 11.1. The molecule has 92 valence electrons. The minimum atomic E-state index is -0.327. The monoisotopic (exact) mass is 270 g/mol. The number of thiocarbonyl (C=S) groups is 1. The predicted octanol–water partition coefficient (Wildman–Crippen LogP) is 2.40. The number of benzene rings is 1. The summed E-state index contributed by atoms with van der Waals surface area (Å²) in [5.74, 6) is 1.90. The van der Waals surface area contributed by atoms with Gasteiger partial charge in [0.05, 0.1) is 5.56 Å². The van der Waals surface area contributed by atoms with Crippen molar-refractivity contribution in [2.75, 3.05) is 29.5 Å². The van der Waals surface area contributed by atoms with Gasteiger partial charge < -0.3 is 10.6 Å². The van der Waals surface area contributed by atoms with Crippen LogP contribution in [0.15, 0.2) is 18.2 Å². The van der Waals surface area contributed by atoms with Crippen LogP contribution in [0.5, 0.6) is 0 Å². The Hall–Kier alpha value is -0.810. The number of nitrogens with zero attached hydrogens (tertiary/aromatic N) is 1. The van der Waals surface area contributed by atoms with Crippen molar-refractivity contribution in [1.29, 1.82) is 0 Å². The zero-order chi connectivity index (χ0) is 12.3. The highest BCUT2D eigenvalue weighted by Gasteiger charge is 2.17. The van der Waals surface area contributed by atoms with E-state index in [9.17, 15) is 4.39 Å². The van der Waals surface area contributed by atoms with Crippen LogP contribution in [0.4, 0.5) is 10.1 Å². The molecule has 1 aromatic carbocycles. The number of rotatable bonds is 2. The molecule has 1 fully saturated rings. The van der Waals surface area contributed by atoms with E-state index in [4.69, 9.17) is 18.0 Å². The van der Waals surface area contributed by atoms with E-state index in [1.165, 1.54) is 6.07 Å². The molecule has 0 aliphatic carbocycles. The third-order valence-corrected chi connectivity index (χ3v) is 4.05. The first kappa shape index (κ1) is 12.6. The van der Waals surface area contributed by atoms with Gasteiger partial charge in [-0.25, -0.2) is 4.39 Å². The SMILES string of the molecule is NC(=S)c1c(F)cccc1N1CCCSCC1. The maximum atomic E-state index is 13.8. The molecule has 5 heteroatoms. The Balaban J connectivity index is 2.36. The summed E-state index contributed by atoms with van der Waals surface area (Å²) in [6, 6.07) is 5.02. The van der Waals surface area contributed by atoms with Gasteiger partial charge in [0.15, 0.2) is 0 Å². The van der Waals surface area contributed by atoms with E-state index >= 15 is 0 Å². The molecule has 1 saturated heterocycles. The van der Waals surface area contributed by atoms with Gasteiger partial charge in [-0.1, -0.05) is 18.3 Å². The van der Waals surface area contributed by atoms with Gasteiger partial charge in [-0.05, 0) is 24.3 Å². The Morgan fingerprint density at radius 3 is 2.94 bits per heavy atom. The minimum Gasteiger partial charge on any atom is -0.389 e. The molecule has 2 rings (SSSR count). The Morgan fingerprint density at radius 2 is 2.18 bits per heavy atom. The lowest BCUT2D eigenvalue weighted by Crippen LogP contribution is -2.28. The van der Waals surface area contributed by atoms with Crippen molar-refractivity contribution in [2.45, 2.75) is 6.42 Å². The predicted molar refractivity (Wildman–Crippen MR) is 76.4 cm³/mol. The fourth-order valence-corrected chi connectivity index (χ4v) is 3.10. The molecule has 2 nitrogen and oxygen atoms in total. The summed E-state index contributed by atoms with van der Waals surface area (Å²) in [6.07, 6.45) is 1.11. The molecular weight excluding hydrogens is 255 g/mol. The fourth-order valence-electron chi connectivity index (χ4n) is 2.01. The number of anilines is 1. The molecule has 0 saturated carbocycles. The highest BCUT2D eigenvalue weighted by Crippen LogP contribution is 2.25. The number of thioether (sulfide) groups is 1. The summed E-state index contributed by atoms with van der Waals surface area (Å²) in [4.78, 5) is 2.31. The van der Waals surface area contributed by atoms with Gasteiger partial charge in [0.25, 0.3) is 0 Å². The van der Waals surface area contributed by atoms with E-state index in [-0.39, 0.29) is 10.8 Å². The summed E-state index contributed by atoms with van der Waals surface area (Å²) in [7, 11) is 0. The summed E-state index contributed by atoms with van der Waals surface area (Å²) in [5, 5.41) is 0. The quantitative estimate of drug-likeness (QED) is 0.836. The van der Waals surface area contributed by atoms with Gasteiger partial charge in [-0.2, -0.15) is 11.8 Å². The molecule has 1 aliphatic heterocycles. The summed E-state index contributed by atoms with van der Waals surface area (Å²) in [5.41, 5.74) is 6.84. The summed E-state index contributed by atoms with van der Waals surface area (Å²) in [6.45, 7) is 1.86. The molecule has 0 amide bonds. The van der Waals surface area contributed by atoms with Gasteiger partial charge >= 0.3 is 0 Å². The molecule has 0 radical (unpaired) electrons. The van der Waals surface area contributed by atoms with E-state index < -0.39 is 0 Å². The van der Waals surface area contributed by atoms with Crippen LogP contribution in [0.25, 0.3) is 0 Å². The van der Waals surface area contributed by atoms with Gasteiger partial charge in [-0.15, -0.1) is 0 Å². The molecule has 0 atom stereocenters. The molecule has 0 unspecified atom stereocenters. The smallest absolute Gasteiger partial charge is 0.135 e. The first-order chi connectivity index (χ1) is 8.20. The zero-order valence-electron chi connectivity index (χ0n) is 9.49. The van der Waals surface area contributed by atoms with Gasteiger partial charge in [0.1, 0.15) is 10.8 Å². The van der Waals surface area contributed by atoms with Gasteiger partial charge in [0.2, 0.25) is 0 Å². The molecule has 2 N–H and O–H groups in total. The van der Waals surface area contributed by atoms with E-state index in [1.54, 1.807) is 6.07 Å². The van der Waals surface area contributed by atoms with Crippen molar-refractivity contribution in [3.63, 3.8) is 0 Å². The van der Waals surface area contributed by atoms with Gasteiger partial charge in [-0.3, -0.25) is 0 Å². The second-order valence-electron chi connectivity index (χ2n) is 3.95. The summed E-state index contributed by atoms with van der Waals surface area (Å²) >= 11 is 6.88. The second kappa shape index (κ2) is 5.69. The molecule has 1 aliphatic rings. The van der Waals surface area contributed by atoms with Crippen LogP contribution < -0.4 is 10.6 Å². The Bertz CT molecular complexity index is 415. The molecule has 1 aromatic rings. The van der Waals surface area contributed by atoms with Crippen LogP contribution in [-0.2, 0) is 0 Å². The normalized spacial score (nSPS) is 16.6. The minimum absolute atomic E-state index is 0.134. The number of nitrogens with two attached hydrogens (primary N) is 1. The number of halogens is 1. The lowest BCUT2D eigenvalue weighted by molar-refractivity contribution is 0.624. The van der Waals surface area contributed by atoms with Crippen molar-refractivity contribution >= 4 is 34.7 Å². The van der Waals surface area contributed by atoms with E-state index in [2.05, 4.69) is 4.90 Å². The highest BCUT2D eigenvalue weighted by molar-refractivity contribution is 7.99. The number of hydrogen-bond donors (Lipinski definition) is 1. The van der Waals surface area contributed by atoms with Crippen molar-refractivity contribution in [1.82, 2.24) is 0 Å². The maximum absolute atomic E-state index is 13.8. The van der Waals surface area contributed by atoms with Crippen molar-refractivity contribution in [3.05, 3.63) is 29.6 Å². The van der Waals surface area contributed by atoms with E-state index in [0.29, 0.717) is 5.56 Å². The third-order valence-electron chi connectivity index (χ3n) is 2.80. The lowest BCUT2D eigenvalue weighted by atomic mass is 10.1. The molecule has 0 bridgehead atoms. The standard InChI is InChI=1S/C12H15FN2S2/c13-9-3-1-4-10(11(9)12(14)16)15-5-2-7-17-8-6-15/h1,3-4H,2,5-8H2,(H2,14,16). The summed E-state index contributed by atoms with van der Waals surface area (Å²) < 4.78 is 13.8. The lowest BCUT2D eigenvalue weighted by Gasteiger charge is -2.25. The van der Waals surface area contributed by atoms with Crippen LogP contribution in [-0.4, -0.2) is 29.6 Å². The largest absolute Gasteiger partial charge is 0.389 e. The highest BCUT2D eigenvalue weighted by atomic mass is 32.2. The van der Waals surface area contributed by atoms with Crippen LogP contribution in [0.2, 0.25) is 0 Å². The molecule has 0 spiro atoms. The average Bonchev–Trinajstić information content (AvgIpc) is 2.56. The van der Waals surface area contributed by atoms with Crippen LogP contribution in [0.3, 0.4) is 0 Å². The maximum Gasteiger partial charge on any atom is 0.135 e. The third kappa shape index (κ3) is 2.90. The first-order valence-electron chi connectivity index (χ1n) is 5.61. The van der Waals surface area contributed by atoms with Gasteiger partial charge in [0, 0.05) is 24.5 Å². The van der Waals surface area contributed by atoms with E-state index in [1.807, 2.05) is 17.8 Å². The van der Waals surface area contributed by atoms with Crippen LogP contribution in [0.1, 0.15) is 12.0 Å². The Kier molecular flexibility index (Phi) is 4.23. The molecule has 0 aromatic heterocycles. The van der Waals surface area contributed by atoms with Crippen molar-refractivity contribution in [3.8, 4) is 0 Å². The molecule has 17 heavy (non-hydrogen) atoms. The molecular formula is C12H15FN2S2. The Morgan fingerprint density at radius 1 is 1.35 bits per heavy atom. The van der Waals surface area contributed by atoms with Crippen LogP contribution in [0, 0.1) is 5.82 Å². The van der Waals surface area contributed by atoms with Crippen LogP contribution >= 0.6 is 24.0 Å². The second-order valence-corrected chi connectivity index (χ2v) is 5.62. The van der Waals surface area contributed by atoms with Crippen molar-refractivity contribution in [2.24, 2.45) is 5.73 Å².